The molecule has 0 aliphatic rings. The van der Waals surface area contributed by atoms with E-state index in [9.17, 15) is 0 Å². The van der Waals surface area contributed by atoms with Gasteiger partial charge < -0.3 is 9.32 Å². The molecule has 0 atom stereocenters. The fourth-order valence-electron chi connectivity index (χ4n) is 4.77. The van der Waals surface area contributed by atoms with Gasteiger partial charge in [0.15, 0.2) is 0 Å². The van der Waals surface area contributed by atoms with Gasteiger partial charge in [-0.05, 0) is 71.5 Å². The lowest BCUT2D eigenvalue weighted by molar-refractivity contribution is 0.668. The number of benzene rings is 5. The van der Waals surface area contributed by atoms with E-state index in [1.165, 1.54) is 44.4 Å². The van der Waals surface area contributed by atoms with E-state index in [0.29, 0.717) is 0 Å². The Labute approximate surface area is 206 Å². The summed E-state index contributed by atoms with van der Waals surface area (Å²) < 4.78 is 6.07. The van der Waals surface area contributed by atoms with Crippen molar-refractivity contribution in [3.05, 3.63) is 144 Å². The van der Waals surface area contributed by atoms with Crippen LogP contribution in [0.4, 0.5) is 11.4 Å². The predicted octanol–water partition coefficient (Wildman–Crippen LogP) is 8.54. The molecule has 0 saturated heterocycles. The van der Waals surface area contributed by atoms with E-state index in [0.717, 1.165) is 24.0 Å². The molecule has 6 rings (SSSR count). The van der Waals surface area contributed by atoms with Crippen molar-refractivity contribution >= 4 is 33.3 Å². The monoisotopic (exact) mass is 453 g/mol. The van der Waals surface area contributed by atoms with Crippen LogP contribution >= 0.6 is 0 Å². The second kappa shape index (κ2) is 9.15. The van der Waals surface area contributed by atoms with Crippen LogP contribution in [0.2, 0.25) is 0 Å². The summed E-state index contributed by atoms with van der Waals surface area (Å²) in [6.45, 7) is 0. The third-order valence-corrected chi connectivity index (χ3v) is 6.75. The minimum absolute atomic E-state index is 0.880. The van der Waals surface area contributed by atoms with E-state index >= 15 is 0 Å². The van der Waals surface area contributed by atoms with Crippen LogP contribution in [0.3, 0.4) is 0 Å². The fraction of sp³-hybridized carbons (Fsp3) is 0.0909. The number of para-hydroxylation sites is 1. The maximum atomic E-state index is 6.07. The summed E-state index contributed by atoms with van der Waals surface area (Å²) in [4.78, 5) is 2.23. The molecule has 0 amide bonds. The number of rotatable bonds is 6. The molecule has 0 bridgehead atoms. The van der Waals surface area contributed by atoms with Crippen LogP contribution in [0.1, 0.15) is 22.3 Å². The largest absolute Gasteiger partial charge is 0.456 e. The average molecular weight is 454 g/mol. The molecule has 0 spiro atoms. The summed E-state index contributed by atoms with van der Waals surface area (Å²) in [6.07, 6.45) is 1.84. The lowest BCUT2D eigenvalue weighted by Crippen LogP contribution is -2.09. The molecule has 0 N–H and O–H groups in total. The first kappa shape index (κ1) is 21.2. The zero-order valence-corrected chi connectivity index (χ0v) is 19.8. The zero-order valence-electron chi connectivity index (χ0n) is 19.8. The number of fused-ring (bicyclic) bond motifs is 3. The molecule has 5 aromatic carbocycles. The lowest BCUT2D eigenvalue weighted by Gasteiger charge is -2.20. The van der Waals surface area contributed by atoms with Gasteiger partial charge in [0.2, 0.25) is 0 Å². The topological polar surface area (TPSA) is 16.4 Å². The molecule has 6 aromatic rings. The van der Waals surface area contributed by atoms with Crippen molar-refractivity contribution in [1.82, 2.24) is 0 Å². The average Bonchev–Trinajstić information content (AvgIpc) is 3.28. The van der Waals surface area contributed by atoms with Gasteiger partial charge in [0.25, 0.3) is 0 Å². The Balaban J connectivity index is 1.15. The van der Waals surface area contributed by atoms with Crippen molar-refractivity contribution in [3.8, 4) is 0 Å². The van der Waals surface area contributed by atoms with Crippen molar-refractivity contribution in [3.63, 3.8) is 0 Å². The Bertz CT molecular complexity index is 1580. The van der Waals surface area contributed by atoms with Crippen LogP contribution in [-0.4, -0.2) is 7.05 Å². The molecular formula is C33H27NO. The Morgan fingerprint density at radius 3 is 1.69 bits per heavy atom. The number of nitrogens with zero attached hydrogens (tertiary/aromatic N) is 1. The molecule has 0 unspecified atom stereocenters. The Morgan fingerprint density at radius 1 is 0.486 bits per heavy atom. The lowest BCUT2D eigenvalue weighted by atomic mass is 10.0. The third-order valence-electron chi connectivity index (χ3n) is 6.75. The molecule has 1 heterocycles. The fourth-order valence-corrected chi connectivity index (χ4v) is 4.77. The zero-order chi connectivity index (χ0) is 23.6. The summed E-state index contributed by atoms with van der Waals surface area (Å²) in [6, 6.07) is 43.1. The molecule has 0 radical (unpaired) electrons. The number of hydrogen-bond acceptors (Lipinski definition) is 2. The van der Waals surface area contributed by atoms with Crippen LogP contribution < -0.4 is 4.90 Å². The normalized spacial score (nSPS) is 11.2. The molecule has 0 saturated carbocycles. The van der Waals surface area contributed by atoms with Gasteiger partial charge in [0.1, 0.15) is 11.2 Å². The molecule has 1 aromatic heterocycles. The highest BCUT2D eigenvalue weighted by molar-refractivity contribution is 6.04. The maximum Gasteiger partial charge on any atom is 0.135 e. The number of furan rings is 1. The van der Waals surface area contributed by atoms with E-state index in [1.807, 2.05) is 12.1 Å². The standard InChI is InChI=1S/C33H27NO/c1-34(28-16-11-25(12-17-28)21-24-7-3-2-4-8-24)29-18-13-26(14-19-29)22-27-15-20-31-30-9-5-6-10-32(30)35-33(31)23-27/h2-20,23H,21-22H2,1H3. The summed E-state index contributed by atoms with van der Waals surface area (Å²) in [5.41, 5.74) is 9.47. The number of anilines is 2. The van der Waals surface area contributed by atoms with Gasteiger partial charge >= 0.3 is 0 Å². The van der Waals surface area contributed by atoms with Crippen molar-refractivity contribution in [2.24, 2.45) is 0 Å². The van der Waals surface area contributed by atoms with E-state index < -0.39 is 0 Å². The van der Waals surface area contributed by atoms with Crippen LogP contribution in [0, 0.1) is 0 Å². The predicted molar refractivity (Wildman–Crippen MR) is 147 cm³/mol. The van der Waals surface area contributed by atoms with Crippen molar-refractivity contribution in [1.29, 1.82) is 0 Å². The van der Waals surface area contributed by atoms with E-state index in [-0.39, 0.29) is 0 Å². The van der Waals surface area contributed by atoms with Gasteiger partial charge in [0.05, 0.1) is 0 Å². The Morgan fingerprint density at radius 2 is 1.00 bits per heavy atom. The highest BCUT2D eigenvalue weighted by atomic mass is 16.3. The van der Waals surface area contributed by atoms with Gasteiger partial charge in [-0.25, -0.2) is 0 Å². The SMILES string of the molecule is CN(c1ccc(Cc2ccccc2)cc1)c1ccc(Cc2ccc3c(c2)oc2ccccc23)cc1. The summed E-state index contributed by atoms with van der Waals surface area (Å²) in [5, 5.41) is 2.35. The molecule has 2 nitrogen and oxygen atoms in total. The minimum atomic E-state index is 0.880. The minimum Gasteiger partial charge on any atom is -0.456 e. The smallest absolute Gasteiger partial charge is 0.135 e. The summed E-state index contributed by atoms with van der Waals surface area (Å²) >= 11 is 0. The van der Waals surface area contributed by atoms with Gasteiger partial charge in [-0.3, -0.25) is 0 Å². The summed E-state index contributed by atoms with van der Waals surface area (Å²) in [5.74, 6) is 0. The van der Waals surface area contributed by atoms with Crippen molar-refractivity contribution in [2.45, 2.75) is 12.8 Å². The van der Waals surface area contributed by atoms with Gasteiger partial charge in [0, 0.05) is 29.2 Å². The van der Waals surface area contributed by atoms with E-state index in [2.05, 4.69) is 121 Å². The molecule has 2 heteroatoms. The Kier molecular flexibility index (Phi) is 5.56. The molecule has 0 aliphatic carbocycles. The van der Waals surface area contributed by atoms with E-state index in [1.54, 1.807) is 0 Å². The van der Waals surface area contributed by atoms with Crippen LogP contribution in [0.15, 0.2) is 126 Å². The van der Waals surface area contributed by atoms with Gasteiger partial charge in [-0.15, -0.1) is 0 Å². The first-order valence-corrected chi connectivity index (χ1v) is 12.1. The molecular weight excluding hydrogens is 426 g/mol. The quantitative estimate of drug-likeness (QED) is 0.251. The second-order valence-electron chi connectivity index (χ2n) is 9.16. The summed E-state index contributed by atoms with van der Waals surface area (Å²) in [7, 11) is 2.12. The van der Waals surface area contributed by atoms with Crippen LogP contribution in [-0.2, 0) is 12.8 Å². The van der Waals surface area contributed by atoms with Gasteiger partial charge in [-0.1, -0.05) is 84.9 Å². The highest BCUT2D eigenvalue weighted by Gasteiger charge is 2.08. The number of hydrogen-bond donors (Lipinski definition) is 0. The molecule has 0 fully saturated rings. The van der Waals surface area contributed by atoms with Gasteiger partial charge in [-0.2, -0.15) is 0 Å². The Hall–Kier alpha value is -4.30. The first-order valence-electron chi connectivity index (χ1n) is 12.1. The molecule has 0 aliphatic heterocycles. The van der Waals surface area contributed by atoms with Crippen LogP contribution in [0.25, 0.3) is 21.9 Å². The maximum absolute atomic E-state index is 6.07. The molecule has 35 heavy (non-hydrogen) atoms. The molecule has 170 valence electrons. The van der Waals surface area contributed by atoms with Crippen molar-refractivity contribution in [2.75, 3.05) is 11.9 Å². The first-order chi connectivity index (χ1) is 17.2. The van der Waals surface area contributed by atoms with Crippen molar-refractivity contribution < 1.29 is 4.42 Å². The third kappa shape index (κ3) is 4.43. The highest BCUT2D eigenvalue weighted by Crippen LogP contribution is 2.30. The van der Waals surface area contributed by atoms with Crippen LogP contribution in [0.5, 0.6) is 0 Å². The second-order valence-corrected chi connectivity index (χ2v) is 9.16. The van der Waals surface area contributed by atoms with E-state index in [4.69, 9.17) is 4.42 Å².